The number of halogens is 5. The minimum Gasteiger partial charge on any atom is -0.488 e. The summed E-state index contributed by atoms with van der Waals surface area (Å²) in [4.78, 5) is 15.8. The van der Waals surface area contributed by atoms with E-state index in [-0.39, 0.29) is 28.5 Å². The molecule has 4 nitrogen and oxygen atoms in total. The third kappa shape index (κ3) is 5.32. The Morgan fingerprint density at radius 3 is 2.54 bits per heavy atom. The molecule has 0 unspecified atom stereocenters. The molecule has 1 N–H and O–H groups in total. The largest absolute Gasteiger partial charge is 0.488 e. The van der Waals surface area contributed by atoms with Crippen LogP contribution < -0.4 is 4.74 Å². The van der Waals surface area contributed by atoms with Crippen molar-refractivity contribution in [3.8, 4) is 5.75 Å². The molecule has 35 heavy (non-hydrogen) atoms. The SMILES string of the molecule is Cc1ncc(C2=C(c3cc(C(F)(F)F)ccc3OCc3ccc(F)cc3Cl)CCC2)cc1C(=O)O. The van der Waals surface area contributed by atoms with E-state index in [4.69, 9.17) is 16.3 Å². The van der Waals surface area contributed by atoms with E-state index in [1.807, 2.05) is 0 Å². The van der Waals surface area contributed by atoms with Crippen LogP contribution in [-0.2, 0) is 12.8 Å². The minimum absolute atomic E-state index is 0.0349. The van der Waals surface area contributed by atoms with Crippen LogP contribution >= 0.6 is 11.6 Å². The van der Waals surface area contributed by atoms with Gasteiger partial charge in [0, 0.05) is 17.3 Å². The molecule has 0 bridgehead atoms. The number of rotatable bonds is 6. The second-order valence-corrected chi connectivity index (χ2v) is 8.61. The summed E-state index contributed by atoms with van der Waals surface area (Å²) in [5.41, 5.74) is 2.21. The molecular weight excluding hydrogens is 486 g/mol. The highest BCUT2D eigenvalue weighted by atomic mass is 35.5. The molecular formula is C26H20ClF4NO3. The summed E-state index contributed by atoms with van der Waals surface area (Å²) in [5, 5.41) is 9.61. The van der Waals surface area contributed by atoms with E-state index < -0.39 is 23.5 Å². The predicted molar refractivity (Wildman–Crippen MR) is 124 cm³/mol. The summed E-state index contributed by atoms with van der Waals surface area (Å²) in [5.74, 6) is -1.43. The average molecular weight is 506 g/mol. The summed E-state index contributed by atoms with van der Waals surface area (Å²) >= 11 is 6.07. The van der Waals surface area contributed by atoms with Gasteiger partial charge in [-0.25, -0.2) is 9.18 Å². The number of allylic oxidation sites excluding steroid dienone is 2. The van der Waals surface area contributed by atoms with E-state index in [2.05, 4.69) is 4.98 Å². The first kappa shape index (κ1) is 24.7. The number of carboxylic acid groups (broad SMARTS) is 1. The lowest BCUT2D eigenvalue weighted by Gasteiger charge is -2.17. The van der Waals surface area contributed by atoms with E-state index >= 15 is 0 Å². The zero-order valence-corrected chi connectivity index (χ0v) is 19.3. The highest BCUT2D eigenvalue weighted by Gasteiger charge is 2.32. The van der Waals surface area contributed by atoms with Gasteiger partial charge >= 0.3 is 12.1 Å². The van der Waals surface area contributed by atoms with Crippen LogP contribution in [0.25, 0.3) is 11.1 Å². The van der Waals surface area contributed by atoms with Crippen molar-refractivity contribution in [1.29, 1.82) is 0 Å². The number of aryl methyl sites for hydroxylation is 1. The molecule has 1 aromatic heterocycles. The molecule has 0 aliphatic heterocycles. The molecule has 0 radical (unpaired) electrons. The third-order valence-electron chi connectivity index (χ3n) is 5.91. The summed E-state index contributed by atoms with van der Waals surface area (Å²) in [6.45, 7) is 1.51. The van der Waals surface area contributed by atoms with Gasteiger partial charge in [-0.05, 0) is 79.3 Å². The molecule has 0 saturated carbocycles. The predicted octanol–water partition coefficient (Wildman–Crippen LogP) is 7.57. The lowest BCUT2D eigenvalue weighted by molar-refractivity contribution is -0.137. The first-order valence-corrected chi connectivity index (χ1v) is 11.1. The van der Waals surface area contributed by atoms with Gasteiger partial charge in [0.1, 0.15) is 18.2 Å². The number of ether oxygens (including phenoxy) is 1. The van der Waals surface area contributed by atoms with E-state index in [1.54, 1.807) is 6.92 Å². The number of alkyl halides is 3. The third-order valence-corrected chi connectivity index (χ3v) is 6.27. The number of pyridine rings is 1. The van der Waals surface area contributed by atoms with Crippen LogP contribution in [0.5, 0.6) is 5.75 Å². The van der Waals surface area contributed by atoms with Crippen molar-refractivity contribution < 1.29 is 32.2 Å². The molecule has 1 aliphatic rings. The molecule has 4 rings (SSSR count). The van der Waals surface area contributed by atoms with Crippen molar-refractivity contribution in [3.63, 3.8) is 0 Å². The molecule has 0 spiro atoms. The van der Waals surface area contributed by atoms with Gasteiger partial charge < -0.3 is 9.84 Å². The van der Waals surface area contributed by atoms with Crippen LogP contribution in [0.2, 0.25) is 5.02 Å². The average Bonchev–Trinajstić information content (AvgIpc) is 3.27. The maximum absolute atomic E-state index is 13.5. The monoisotopic (exact) mass is 505 g/mol. The number of aromatic nitrogens is 1. The second kappa shape index (κ2) is 9.70. The number of aromatic carboxylic acids is 1. The Labute approximate surface area is 203 Å². The van der Waals surface area contributed by atoms with Crippen molar-refractivity contribution in [3.05, 3.63) is 93.0 Å². The van der Waals surface area contributed by atoms with E-state index in [9.17, 15) is 27.5 Å². The zero-order chi connectivity index (χ0) is 25.3. The summed E-state index contributed by atoms with van der Waals surface area (Å²) in [6, 6.07) is 8.55. The molecule has 1 heterocycles. The topological polar surface area (TPSA) is 59.4 Å². The molecule has 0 atom stereocenters. The first-order chi connectivity index (χ1) is 16.5. The van der Waals surface area contributed by atoms with Crippen molar-refractivity contribution >= 4 is 28.7 Å². The van der Waals surface area contributed by atoms with Crippen LogP contribution in [-0.4, -0.2) is 16.1 Å². The van der Waals surface area contributed by atoms with Crippen molar-refractivity contribution in [2.75, 3.05) is 0 Å². The lowest BCUT2D eigenvalue weighted by Crippen LogP contribution is -2.07. The van der Waals surface area contributed by atoms with Crippen molar-refractivity contribution in [1.82, 2.24) is 4.98 Å². The van der Waals surface area contributed by atoms with E-state index in [0.717, 1.165) is 23.8 Å². The number of nitrogens with zero attached hydrogens (tertiary/aromatic N) is 1. The molecule has 2 aromatic carbocycles. The Balaban J connectivity index is 1.80. The van der Waals surface area contributed by atoms with Crippen LogP contribution in [0.3, 0.4) is 0 Å². The Bertz CT molecular complexity index is 1330. The molecule has 0 fully saturated rings. The normalized spacial score (nSPS) is 13.9. The second-order valence-electron chi connectivity index (χ2n) is 8.21. The molecule has 1 aliphatic carbocycles. The standard InChI is InChI=1S/C26H20ClF4NO3/c1-14-21(25(33)34)9-16(12-32-14)19-3-2-4-20(19)22-10-17(26(29,30)31)6-8-24(22)35-13-15-5-7-18(28)11-23(15)27/h5-12H,2-4,13H2,1H3,(H,33,34). The lowest BCUT2D eigenvalue weighted by atomic mass is 9.95. The van der Waals surface area contributed by atoms with Gasteiger partial charge in [-0.1, -0.05) is 17.7 Å². The van der Waals surface area contributed by atoms with Crippen LogP contribution in [0.15, 0.2) is 48.7 Å². The van der Waals surface area contributed by atoms with Gasteiger partial charge in [0.15, 0.2) is 0 Å². The summed E-state index contributed by atoms with van der Waals surface area (Å²) < 4.78 is 59.9. The quantitative estimate of drug-likeness (QED) is 0.351. The summed E-state index contributed by atoms with van der Waals surface area (Å²) in [7, 11) is 0. The molecule has 0 saturated heterocycles. The fraction of sp³-hybridized carbons (Fsp3) is 0.231. The fourth-order valence-electron chi connectivity index (χ4n) is 4.14. The Hall–Kier alpha value is -3.39. The minimum atomic E-state index is -4.56. The molecule has 3 aromatic rings. The molecule has 182 valence electrons. The van der Waals surface area contributed by atoms with Gasteiger partial charge in [0.25, 0.3) is 0 Å². The van der Waals surface area contributed by atoms with Gasteiger partial charge in [0.2, 0.25) is 0 Å². The maximum atomic E-state index is 13.5. The van der Waals surface area contributed by atoms with Crippen LogP contribution in [0.1, 0.15) is 57.6 Å². The number of hydrogen-bond acceptors (Lipinski definition) is 3. The highest BCUT2D eigenvalue weighted by Crippen LogP contribution is 2.45. The molecule has 9 heteroatoms. The smallest absolute Gasteiger partial charge is 0.416 e. The number of carboxylic acids is 1. The Kier molecular flexibility index (Phi) is 6.85. The van der Waals surface area contributed by atoms with Gasteiger partial charge in [-0.3, -0.25) is 4.98 Å². The van der Waals surface area contributed by atoms with Gasteiger partial charge in [-0.2, -0.15) is 13.2 Å². The fourth-order valence-corrected chi connectivity index (χ4v) is 4.36. The van der Waals surface area contributed by atoms with Crippen LogP contribution in [0.4, 0.5) is 17.6 Å². The Morgan fingerprint density at radius 2 is 1.86 bits per heavy atom. The molecule has 0 amide bonds. The number of hydrogen-bond donors (Lipinski definition) is 1. The van der Waals surface area contributed by atoms with E-state index in [0.29, 0.717) is 41.7 Å². The zero-order valence-electron chi connectivity index (χ0n) is 18.5. The Morgan fingerprint density at radius 1 is 1.11 bits per heavy atom. The van der Waals surface area contributed by atoms with Crippen molar-refractivity contribution in [2.45, 2.75) is 39.0 Å². The number of carbonyl (C=O) groups is 1. The first-order valence-electron chi connectivity index (χ1n) is 10.8. The van der Waals surface area contributed by atoms with Gasteiger partial charge in [0.05, 0.1) is 21.8 Å². The number of benzene rings is 2. The van der Waals surface area contributed by atoms with Crippen molar-refractivity contribution in [2.24, 2.45) is 0 Å². The van der Waals surface area contributed by atoms with Gasteiger partial charge in [-0.15, -0.1) is 0 Å². The van der Waals surface area contributed by atoms with Crippen LogP contribution in [0, 0.1) is 12.7 Å². The highest BCUT2D eigenvalue weighted by molar-refractivity contribution is 6.31. The van der Waals surface area contributed by atoms with E-state index in [1.165, 1.54) is 30.5 Å². The summed E-state index contributed by atoms with van der Waals surface area (Å²) in [6.07, 6.45) is -1.30. The maximum Gasteiger partial charge on any atom is 0.416 e.